The molecule has 3 aromatic rings. The van der Waals surface area contributed by atoms with Crippen molar-refractivity contribution in [2.75, 3.05) is 44.8 Å². The Morgan fingerprint density at radius 1 is 0.833 bits per heavy atom. The molecule has 1 aliphatic heterocycles. The molecule has 0 spiro atoms. The highest BCUT2D eigenvalue weighted by Gasteiger charge is 2.30. The van der Waals surface area contributed by atoms with Gasteiger partial charge in [-0.2, -0.15) is 4.31 Å². The van der Waals surface area contributed by atoms with Crippen molar-refractivity contribution in [1.29, 1.82) is 0 Å². The van der Waals surface area contributed by atoms with E-state index in [1.165, 1.54) is 0 Å². The highest BCUT2D eigenvalue weighted by molar-refractivity contribution is 7.89. The SMILES string of the molecule is CCOc1ccccc1N1CCN(S(=O)(=O)c2ccc(OC)c3ccccc23)CC1. The van der Waals surface area contributed by atoms with E-state index in [1.807, 2.05) is 55.5 Å². The second kappa shape index (κ2) is 8.53. The summed E-state index contributed by atoms with van der Waals surface area (Å²) in [6, 6.07) is 18.7. The van der Waals surface area contributed by atoms with Crippen LogP contribution in [0.3, 0.4) is 0 Å². The molecule has 0 aromatic heterocycles. The maximum atomic E-state index is 13.5. The average molecular weight is 427 g/mol. The topological polar surface area (TPSA) is 59.1 Å². The summed E-state index contributed by atoms with van der Waals surface area (Å²) in [6.07, 6.45) is 0. The molecule has 7 heteroatoms. The van der Waals surface area contributed by atoms with Gasteiger partial charge < -0.3 is 14.4 Å². The highest BCUT2D eigenvalue weighted by Crippen LogP contribution is 2.34. The van der Waals surface area contributed by atoms with Crippen LogP contribution in [0.15, 0.2) is 65.6 Å². The average Bonchev–Trinajstić information content (AvgIpc) is 2.79. The van der Waals surface area contributed by atoms with Crippen molar-refractivity contribution < 1.29 is 17.9 Å². The van der Waals surface area contributed by atoms with Crippen LogP contribution in [0.2, 0.25) is 0 Å². The molecule has 1 aliphatic rings. The third-order valence-corrected chi connectivity index (χ3v) is 7.38. The summed E-state index contributed by atoms with van der Waals surface area (Å²) in [7, 11) is -2.03. The monoisotopic (exact) mass is 426 g/mol. The van der Waals surface area contributed by atoms with Crippen LogP contribution in [-0.2, 0) is 10.0 Å². The zero-order chi connectivity index (χ0) is 21.1. The van der Waals surface area contributed by atoms with Gasteiger partial charge in [-0.1, -0.05) is 36.4 Å². The Morgan fingerprint density at radius 2 is 1.50 bits per heavy atom. The first-order chi connectivity index (χ1) is 14.6. The lowest BCUT2D eigenvalue weighted by Crippen LogP contribution is -2.48. The minimum absolute atomic E-state index is 0.321. The summed E-state index contributed by atoms with van der Waals surface area (Å²) in [5.74, 6) is 1.50. The minimum atomic E-state index is -3.62. The summed E-state index contributed by atoms with van der Waals surface area (Å²) in [6.45, 7) is 4.61. The van der Waals surface area contributed by atoms with Gasteiger partial charge >= 0.3 is 0 Å². The molecule has 3 aromatic carbocycles. The zero-order valence-corrected chi connectivity index (χ0v) is 18.1. The molecule has 1 saturated heterocycles. The number of piperazine rings is 1. The van der Waals surface area contributed by atoms with Crippen molar-refractivity contribution in [3.8, 4) is 11.5 Å². The molecule has 0 atom stereocenters. The van der Waals surface area contributed by atoms with Crippen LogP contribution < -0.4 is 14.4 Å². The summed E-state index contributed by atoms with van der Waals surface area (Å²) in [4.78, 5) is 2.51. The Morgan fingerprint density at radius 3 is 2.20 bits per heavy atom. The van der Waals surface area contributed by atoms with Crippen LogP contribution in [0.1, 0.15) is 6.92 Å². The third kappa shape index (κ3) is 3.70. The number of nitrogens with zero attached hydrogens (tertiary/aromatic N) is 2. The lowest BCUT2D eigenvalue weighted by molar-refractivity contribution is 0.337. The summed E-state index contributed by atoms with van der Waals surface area (Å²) >= 11 is 0. The van der Waals surface area contributed by atoms with E-state index in [2.05, 4.69) is 4.90 Å². The molecular weight excluding hydrogens is 400 g/mol. The van der Waals surface area contributed by atoms with E-state index in [9.17, 15) is 8.42 Å². The van der Waals surface area contributed by atoms with Crippen molar-refractivity contribution in [2.24, 2.45) is 0 Å². The molecule has 0 radical (unpaired) electrons. The maximum absolute atomic E-state index is 13.5. The lowest BCUT2D eigenvalue weighted by Gasteiger charge is -2.36. The van der Waals surface area contributed by atoms with E-state index in [0.717, 1.165) is 16.8 Å². The van der Waals surface area contributed by atoms with Crippen LogP contribution in [0.4, 0.5) is 5.69 Å². The Bertz CT molecular complexity index is 1140. The van der Waals surface area contributed by atoms with Gasteiger partial charge in [0.05, 0.1) is 24.3 Å². The molecule has 30 heavy (non-hydrogen) atoms. The molecule has 1 heterocycles. The molecule has 158 valence electrons. The number of anilines is 1. The maximum Gasteiger partial charge on any atom is 0.243 e. The first kappa shape index (κ1) is 20.5. The smallest absolute Gasteiger partial charge is 0.243 e. The number of ether oxygens (including phenoxy) is 2. The van der Waals surface area contributed by atoms with Gasteiger partial charge in [-0.3, -0.25) is 0 Å². The van der Waals surface area contributed by atoms with E-state index in [0.29, 0.717) is 48.8 Å². The van der Waals surface area contributed by atoms with Gasteiger partial charge in [0.15, 0.2) is 0 Å². The van der Waals surface area contributed by atoms with Crippen molar-refractivity contribution in [2.45, 2.75) is 11.8 Å². The fraction of sp³-hybridized carbons (Fsp3) is 0.304. The molecule has 0 bridgehead atoms. The largest absolute Gasteiger partial charge is 0.496 e. The molecule has 0 amide bonds. The molecule has 1 fully saturated rings. The Kier molecular flexibility index (Phi) is 5.83. The van der Waals surface area contributed by atoms with Crippen molar-refractivity contribution >= 4 is 26.5 Å². The molecular formula is C23H26N2O4S. The highest BCUT2D eigenvalue weighted by atomic mass is 32.2. The van der Waals surface area contributed by atoms with Crippen molar-refractivity contribution in [1.82, 2.24) is 4.31 Å². The van der Waals surface area contributed by atoms with E-state index in [4.69, 9.17) is 9.47 Å². The van der Waals surface area contributed by atoms with Gasteiger partial charge in [0.1, 0.15) is 11.5 Å². The Labute approximate surface area is 177 Å². The molecule has 0 saturated carbocycles. The summed E-state index contributed by atoms with van der Waals surface area (Å²) < 4.78 is 39.6. The standard InChI is InChI=1S/C23H26N2O4S/c1-3-29-22-11-7-6-10-20(22)24-14-16-25(17-15-24)30(26,27)23-13-12-21(28-2)18-8-4-5-9-19(18)23/h4-13H,3,14-17H2,1-2H3. The van der Waals surface area contributed by atoms with E-state index in [1.54, 1.807) is 23.5 Å². The van der Waals surface area contributed by atoms with Gasteiger partial charge in [0.2, 0.25) is 10.0 Å². The summed E-state index contributed by atoms with van der Waals surface area (Å²) in [5.41, 5.74) is 1.01. The van der Waals surface area contributed by atoms with Crippen LogP contribution in [0.5, 0.6) is 11.5 Å². The van der Waals surface area contributed by atoms with Gasteiger partial charge in [0.25, 0.3) is 0 Å². The fourth-order valence-electron chi connectivity index (χ4n) is 3.95. The van der Waals surface area contributed by atoms with Gasteiger partial charge in [-0.25, -0.2) is 8.42 Å². The summed E-state index contributed by atoms with van der Waals surface area (Å²) in [5, 5.41) is 1.48. The normalized spacial score (nSPS) is 15.3. The molecule has 0 aliphatic carbocycles. The lowest BCUT2D eigenvalue weighted by atomic mass is 10.1. The first-order valence-electron chi connectivity index (χ1n) is 10.1. The van der Waals surface area contributed by atoms with E-state index < -0.39 is 10.0 Å². The number of rotatable bonds is 6. The Hall–Kier alpha value is -2.77. The third-order valence-electron chi connectivity index (χ3n) is 5.43. The second-order valence-electron chi connectivity index (χ2n) is 7.10. The zero-order valence-electron chi connectivity index (χ0n) is 17.2. The molecule has 6 nitrogen and oxygen atoms in total. The van der Waals surface area contributed by atoms with E-state index in [-0.39, 0.29) is 0 Å². The molecule has 4 rings (SSSR count). The van der Waals surface area contributed by atoms with Crippen LogP contribution in [-0.4, -0.2) is 52.6 Å². The predicted octanol–water partition coefficient (Wildman–Crippen LogP) is 3.76. The first-order valence-corrected chi connectivity index (χ1v) is 11.5. The molecule has 0 N–H and O–H groups in total. The molecule has 0 unspecified atom stereocenters. The Balaban J connectivity index is 1.59. The van der Waals surface area contributed by atoms with Gasteiger partial charge in [-0.15, -0.1) is 0 Å². The number of hydrogen-bond donors (Lipinski definition) is 0. The number of benzene rings is 3. The number of methoxy groups -OCH3 is 1. The number of hydrogen-bond acceptors (Lipinski definition) is 5. The quantitative estimate of drug-likeness (QED) is 0.601. The minimum Gasteiger partial charge on any atom is -0.496 e. The number of para-hydroxylation sites is 2. The van der Waals surface area contributed by atoms with Crippen LogP contribution in [0.25, 0.3) is 10.8 Å². The number of fused-ring (bicyclic) bond motifs is 1. The van der Waals surface area contributed by atoms with Crippen LogP contribution >= 0.6 is 0 Å². The van der Waals surface area contributed by atoms with Gasteiger partial charge in [0, 0.05) is 37.0 Å². The predicted molar refractivity (Wildman–Crippen MR) is 119 cm³/mol. The van der Waals surface area contributed by atoms with Crippen molar-refractivity contribution in [3.05, 3.63) is 60.7 Å². The van der Waals surface area contributed by atoms with Crippen LogP contribution in [0, 0.1) is 0 Å². The number of sulfonamides is 1. The fourth-order valence-corrected chi connectivity index (χ4v) is 5.57. The second-order valence-corrected chi connectivity index (χ2v) is 9.01. The van der Waals surface area contributed by atoms with Gasteiger partial charge in [-0.05, 0) is 31.2 Å². The van der Waals surface area contributed by atoms with Crippen molar-refractivity contribution in [3.63, 3.8) is 0 Å². The van der Waals surface area contributed by atoms with E-state index >= 15 is 0 Å².